The van der Waals surface area contributed by atoms with Gasteiger partial charge in [0, 0.05) is 23.6 Å². The predicted molar refractivity (Wildman–Crippen MR) is 78.4 cm³/mol. The summed E-state index contributed by atoms with van der Waals surface area (Å²) in [6.07, 6.45) is 4.89. The van der Waals surface area contributed by atoms with Crippen LogP contribution in [0.4, 0.5) is 0 Å². The normalized spacial score (nSPS) is 10.6. The molecule has 0 aliphatic heterocycles. The first kappa shape index (κ1) is 11.7. The van der Waals surface area contributed by atoms with Crippen molar-refractivity contribution in [3.63, 3.8) is 0 Å². The second kappa shape index (κ2) is 5.11. The van der Waals surface area contributed by atoms with Gasteiger partial charge in [-0.25, -0.2) is 4.98 Å². The highest BCUT2D eigenvalue weighted by atomic mass is 15.1. The second-order valence-corrected chi connectivity index (χ2v) is 4.51. The lowest BCUT2D eigenvalue weighted by Gasteiger charge is -2.08. The Hall–Kier alpha value is -2.35. The summed E-state index contributed by atoms with van der Waals surface area (Å²) in [6.45, 7) is 2.17. The van der Waals surface area contributed by atoms with Gasteiger partial charge in [-0.1, -0.05) is 43.3 Å². The molecule has 0 amide bonds. The molecule has 0 spiro atoms. The molecule has 1 aromatic heterocycles. The average molecular weight is 248 g/mol. The summed E-state index contributed by atoms with van der Waals surface area (Å²) in [6, 6.07) is 18.9. The minimum atomic E-state index is 0.988. The summed E-state index contributed by atoms with van der Waals surface area (Å²) in [4.78, 5) is 4.50. The van der Waals surface area contributed by atoms with E-state index < -0.39 is 0 Å². The lowest BCUT2D eigenvalue weighted by molar-refractivity contribution is 1.06. The molecule has 0 aliphatic carbocycles. The van der Waals surface area contributed by atoms with Crippen molar-refractivity contribution < 1.29 is 0 Å². The fourth-order valence-electron chi connectivity index (χ4n) is 2.24. The molecule has 0 radical (unpaired) electrons. The Bertz CT molecular complexity index is 668. The molecular weight excluding hydrogens is 232 g/mol. The van der Waals surface area contributed by atoms with Gasteiger partial charge in [-0.15, -0.1) is 0 Å². The first-order chi connectivity index (χ1) is 9.38. The lowest BCUT2D eigenvalue weighted by Crippen LogP contribution is -1.96. The van der Waals surface area contributed by atoms with Gasteiger partial charge in [-0.3, -0.25) is 4.57 Å². The van der Waals surface area contributed by atoms with Crippen LogP contribution >= 0.6 is 0 Å². The van der Waals surface area contributed by atoms with Crippen molar-refractivity contribution in [3.05, 3.63) is 72.6 Å². The van der Waals surface area contributed by atoms with Gasteiger partial charge >= 0.3 is 0 Å². The minimum Gasteiger partial charge on any atom is -0.300 e. The van der Waals surface area contributed by atoms with E-state index in [0.29, 0.717) is 0 Å². The number of hydrogen-bond donors (Lipinski definition) is 0. The molecule has 0 bridgehead atoms. The maximum Gasteiger partial charge on any atom is 0.144 e. The maximum atomic E-state index is 4.50. The van der Waals surface area contributed by atoms with Crippen LogP contribution in [0.1, 0.15) is 12.5 Å². The van der Waals surface area contributed by atoms with Crippen molar-refractivity contribution in [1.29, 1.82) is 0 Å². The van der Waals surface area contributed by atoms with E-state index in [4.69, 9.17) is 0 Å². The van der Waals surface area contributed by atoms with Crippen LogP contribution in [0.25, 0.3) is 17.1 Å². The topological polar surface area (TPSA) is 17.8 Å². The van der Waals surface area contributed by atoms with Crippen LogP contribution in [0.2, 0.25) is 0 Å². The highest BCUT2D eigenvalue weighted by molar-refractivity contribution is 5.59. The van der Waals surface area contributed by atoms with E-state index in [-0.39, 0.29) is 0 Å². The number of para-hydroxylation sites is 1. The van der Waals surface area contributed by atoms with E-state index in [0.717, 1.165) is 23.5 Å². The number of imidazole rings is 1. The van der Waals surface area contributed by atoms with E-state index in [1.54, 1.807) is 0 Å². The molecule has 3 rings (SSSR count). The first-order valence-electron chi connectivity index (χ1n) is 6.56. The maximum absolute atomic E-state index is 4.50. The van der Waals surface area contributed by atoms with Gasteiger partial charge in [-0.2, -0.15) is 0 Å². The zero-order valence-corrected chi connectivity index (χ0v) is 11.0. The molecule has 0 saturated carbocycles. The van der Waals surface area contributed by atoms with Crippen molar-refractivity contribution in [2.24, 2.45) is 0 Å². The summed E-state index contributed by atoms with van der Waals surface area (Å²) in [5, 5.41) is 0. The third-order valence-electron chi connectivity index (χ3n) is 3.27. The number of benzene rings is 2. The van der Waals surface area contributed by atoms with Crippen molar-refractivity contribution >= 4 is 0 Å². The Morgan fingerprint density at radius 2 is 1.84 bits per heavy atom. The molecular formula is C17H16N2. The monoisotopic (exact) mass is 248 g/mol. The van der Waals surface area contributed by atoms with Gasteiger partial charge < -0.3 is 0 Å². The smallest absolute Gasteiger partial charge is 0.144 e. The lowest BCUT2D eigenvalue weighted by atomic mass is 10.1. The zero-order chi connectivity index (χ0) is 13.1. The summed E-state index contributed by atoms with van der Waals surface area (Å²) < 4.78 is 2.12. The third-order valence-corrected chi connectivity index (χ3v) is 3.27. The Morgan fingerprint density at radius 1 is 1.00 bits per heavy atom. The molecule has 94 valence electrons. The molecule has 19 heavy (non-hydrogen) atoms. The summed E-state index contributed by atoms with van der Waals surface area (Å²) in [5.74, 6) is 0.988. The second-order valence-electron chi connectivity index (χ2n) is 4.51. The summed E-state index contributed by atoms with van der Waals surface area (Å²) in [7, 11) is 0. The number of aryl methyl sites for hydroxylation is 1. The standard InChI is InChI=1S/C17H16N2/c1-2-14-7-6-8-15(13-14)17-18-11-12-19(17)16-9-4-3-5-10-16/h3-13H,2H2,1H3. The summed E-state index contributed by atoms with van der Waals surface area (Å²) in [5.41, 5.74) is 3.63. The van der Waals surface area contributed by atoms with Crippen LogP contribution < -0.4 is 0 Å². The number of rotatable bonds is 3. The van der Waals surface area contributed by atoms with Crippen molar-refractivity contribution in [1.82, 2.24) is 9.55 Å². The van der Waals surface area contributed by atoms with Crippen LogP contribution in [-0.2, 0) is 6.42 Å². The molecule has 1 heterocycles. The quantitative estimate of drug-likeness (QED) is 0.682. The molecule has 3 aromatic rings. The van der Waals surface area contributed by atoms with Crippen LogP contribution in [0.15, 0.2) is 67.0 Å². The minimum absolute atomic E-state index is 0.988. The Labute approximate surface area is 113 Å². The molecule has 2 nitrogen and oxygen atoms in total. The van der Waals surface area contributed by atoms with Crippen molar-refractivity contribution in [3.8, 4) is 17.1 Å². The summed E-state index contributed by atoms with van der Waals surface area (Å²) >= 11 is 0. The van der Waals surface area contributed by atoms with Crippen LogP contribution in [0.5, 0.6) is 0 Å². The zero-order valence-electron chi connectivity index (χ0n) is 11.0. The molecule has 0 unspecified atom stereocenters. The molecule has 0 saturated heterocycles. The Kier molecular flexibility index (Phi) is 3.15. The van der Waals surface area contributed by atoms with E-state index in [1.165, 1.54) is 5.56 Å². The van der Waals surface area contributed by atoms with Gasteiger partial charge in [-0.05, 0) is 30.2 Å². The molecule has 0 N–H and O–H groups in total. The average Bonchev–Trinajstić information content (AvgIpc) is 2.98. The first-order valence-corrected chi connectivity index (χ1v) is 6.56. The van der Waals surface area contributed by atoms with E-state index in [2.05, 4.69) is 52.9 Å². The largest absolute Gasteiger partial charge is 0.300 e. The van der Waals surface area contributed by atoms with Crippen LogP contribution in [0.3, 0.4) is 0 Å². The highest BCUT2D eigenvalue weighted by Gasteiger charge is 2.07. The molecule has 0 aliphatic rings. The van der Waals surface area contributed by atoms with Gasteiger partial charge in [0.2, 0.25) is 0 Å². The molecule has 2 heteroatoms. The van der Waals surface area contributed by atoms with Crippen LogP contribution in [0, 0.1) is 0 Å². The van der Waals surface area contributed by atoms with Crippen molar-refractivity contribution in [2.45, 2.75) is 13.3 Å². The highest BCUT2D eigenvalue weighted by Crippen LogP contribution is 2.22. The van der Waals surface area contributed by atoms with Gasteiger partial charge in [0.1, 0.15) is 5.82 Å². The number of hydrogen-bond acceptors (Lipinski definition) is 1. The van der Waals surface area contributed by atoms with Gasteiger partial charge in [0.15, 0.2) is 0 Å². The van der Waals surface area contributed by atoms with E-state index >= 15 is 0 Å². The molecule has 0 fully saturated rings. The fourth-order valence-corrected chi connectivity index (χ4v) is 2.24. The molecule has 0 atom stereocenters. The predicted octanol–water partition coefficient (Wildman–Crippen LogP) is 4.10. The fraction of sp³-hybridized carbons (Fsp3) is 0.118. The third kappa shape index (κ3) is 2.29. The molecule has 2 aromatic carbocycles. The van der Waals surface area contributed by atoms with E-state index in [9.17, 15) is 0 Å². The Morgan fingerprint density at radius 3 is 2.63 bits per heavy atom. The van der Waals surface area contributed by atoms with Gasteiger partial charge in [0.25, 0.3) is 0 Å². The SMILES string of the molecule is CCc1cccc(-c2nccn2-c2ccccc2)c1. The van der Waals surface area contributed by atoms with Crippen molar-refractivity contribution in [2.75, 3.05) is 0 Å². The van der Waals surface area contributed by atoms with E-state index in [1.807, 2.05) is 30.6 Å². The number of nitrogens with zero attached hydrogens (tertiary/aromatic N) is 2. The van der Waals surface area contributed by atoms with Gasteiger partial charge in [0.05, 0.1) is 0 Å². The Balaban J connectivity index is 2.09. The van der Waals surface area contributed by atoms with Crippen LogP contribution in [-0.4, -0.2) is 9.55 Å². The number of aromatic nitrogens is 2.